The molecule has 0 saturated carbocycles. The summed E-state index contributed by atoms with van der Waals surface area (Å²) in [6, 6.07) is 15.7. The van der Waals surface area contributed by atoms with Gasteiger partial charge in [-0.15, -0.1) is 0 Å². The van der Waals surface area contributed by atoms with Gasteiger partial charge in [0.25, 0.3) is 0 Å². The van der Waals surface area contributed by atoms with E-state index in [4.69, 9.17) is 4.74 Å². The van der Waals surface area contributed by atoms with Gasteiger partial charge in [-0.25, -0.2) is 0 Å². The van der Waals surface area contributed by atoms with Crippen molar-refractivity contribution in [2.75, 3.05) is 13.7 Å². The molecule has 0 aliphatic carbocycles. The van der Waals surface area contributed by atoms with Crippen LogP contribution in [0.2, 0.25) is 0 Å². The summed E-state index contributed by atoms with van der Waals surface area (Å²) in [7, 11) is 1.74. The van der Waals surface area contributed by atoms with Crippen LogP contribution in [0, 0.1) is 6.92 Å². The number of rotatable bonds is 5. The highest BCUT2D eigenvalue weighted by molar-refractivity contribution is 9.10. The van der Waals surface area contributed by atoms with E-state index < -0.39 is 0 Å². The fourth-order valence-corrected chi connectivity index (χ4v) is 4.20. The van der Waals surface area contributed by atoms with Crippen molar-refractivity contribution in [2.24, 2.45) is 0 Å². The summed E-state index contributed by atoms with van der Waals surface area (Å²) in [6.45, 7) is 3.97. The average molecular weight is 389 g/mol. The monoisotopic (exact) mass is 388 g/mol. The van der Waals surface area contributed by atoms with Gasteiger partial charge in [-0.3, -0.25) is 0 Å². The van der Waals surface area contributed by atoms with Crippen molar-refractivity contribution < 1.29 is 4.74 Å². The van der Waals surface area contributed by atoms with E-state index >= 15 is 0 Å². The first-order chi connectivity index (χ1) is 11.7. The molecule has 2 aromatic carbocycles. The standard InChI is InChI=1S/C20H25BrN2O/c1-14-11-17(21)12-16(20(14)24-2)13-23-18-9-6-10-22-19(18)15-7-4-3-5-8-15/h3-5,7-8,11-12,18-19,22-23H,6,9-10,13H2,1-2H3/t18-,19-/m1/s1. The van der Waals surface area contributed by atoms with Crippen LogP contribution in [0.5, 0.6) is 5.75 Å². The van der Waals surface area contributed by atoms with Crippen molar-refractivity contribution in [3.05, 3.63) is 63.6 Å². The maximum Gasteiger partial charge on any atom is 0.126 e. The lowest BCUT2D eigenvalue weighted by Gasteiger charge is -2.34. The average Bonchev–Trinajstić information content (AvgIpc) is 2.60. The van der Waals surface area contributed by atoms with Gasteiger partial charge in [-0.2, -0.15) is 0 Å². The van der Waals surface area contributed by atoms with Gasteiger partial charge in [0, 0.05) is 28.7 Å². The fraction of sp³-hybridized carbons (Fsp3) is 0.400. The third-order valence-corrected chi connectivity index (χ3v) is 5.15. The van der Waals surface area contributed by atoms with Crippen molar-refractivity contribution >= 4 is 15.9 Å². The molecule has 0 aromatic heterocycles. The zero-order chi connectivity index (χ0) is 16.9. The number of ether oxygens (including phenoxy) is 1. The number of nitrogens with one attached hydrogen (secondary N) is 2. The lowest BCUT2D eigenvalue weighted by atomic mass is 9.92. The first-order valence-corrected chi connectivity index (χ1v) is 9.33. The summed E-state index contributed by atoms with van der Waals surface area (Å²) in [5.74, 6) is 0.978. The molecule has 1 fully saturated rings. The Morgan fingerprint density at radius 2 is 2.04 bits per heavy atom. The smallest absolute Gasteiger partial charge is 0.126 e. The van der Waals surface area contributed by atoms with Crippen LogP contribution in [0.15, 0.2) is 46.9 Å². The summed E-state index contributed by atoms with van der Waals surface area (Å²) >= 11 is 3.60. The van der Waals surface area contributed by atoms with Gasteiger partial charge in [0.1, 0.15) is 5.75 Å². The molecule has 0 spiro atoms. The number of hydrogen-bond donors (Lipinski definition) is 2. The molecule has 0 radical (unpaired) electrons. The van der Waals surface area contributed by atoms with E-state index in [0.29, 0.717) is 12.1 Å². The minimum atomic E-state index is 0.360. The molecule has 3 rings (SSSR count). The molecule has 128 valence electrons. The van der Waals surface area contributed by atoms with Crippen LogP contribution < -0.4 is 15.4 Å². The summed E-state index contributed by atoms with van der Waals surface area (Å²) in [6.07, 6.45) is 2.39. The van der Waals surface area contributed by atoms with Crippen molar-refractivity contribution in [3.8, 4) is 5.75 Å². The molecule has 2 aromatic rings. The normalized spacial score (nSPS) is 20.8. The first-order valence-electron chi connectivity index (χ1n) is 8.54. The third kappa shape index (κ3) is 4.00. The Labute approximate surface area is 152 Å². The Morgan fingerprint density at radius 3 is 2.79 bits per heavy atom. The van der Waals surface area contributed by atoms with Crippen molar-refractivity contribution in [3.63, 3.8) is 0 Å². The molecule has 1 saturated heterocycles. The SMILES string of the molecule is COc1c(C)cc(Br)cc1CN[C@@H]1CCCN[C@@H]1c1ccccc1. The number of halogens is 1. The molecule has 3 nitrogen and oxygen atoms in total. The second kappa shape index (κ2) is 8.15. The van der Waals surface area contributed by atoms with Crippen LogP contribution in [-0.4, -0.2) is 19.7 Å². The second-order valence-corrected chi connectivity index (χ2v) is 7.30. The summed E-state index contributed by atoms with van der Waals surface area (Å²) in [5.41, 5.74) is 3.71. The van der Waals surface area contributed by atoms with Gasteiger partial charge in [-0.1, -0.05) is 46.3 Å². The molecular weight excluding hydrogens is 364 g/mol. The van der Waals surface area contributed by atoms with Crippen LogP contribution in [0.3, 0.4) is 0 Å². The lowest BCUT2D eigenvalue weighted by molar-refractivity contribution is 0.302. The summed E-state index contributed by atoms with van der Waals surface area (Å²) in [4.78, 5) is 0. The largest absolute Gasteiger partial charge is 0.496 e. The molecule has 1 aliphatic rings. The predicted molar refractivity (Wildman–Crippen MR) is 102 cm³/mol. The fourth-order valence-electron chi connectivity index (χ4n) is 3.58. The van der Waals surface area contributed by atoms with Gasteiger partial charge < -0.3 is 15.4 Å². The zero-order valence-electron chi connectivity index (χ0n) is 14.3. The molecule has 0 unspecified atom stereocenters. The van der Waals surface area contributed by atoms with E-state index in [1.807, 2.05) is 0 Å². The maximum absolute atomic E-state index is 5.61. The Bertz CT molecular complexity index is 675. The van der Waals surface area contributed by atoms with E-state index in [9.17, 15) is 0 Å². The number of benzene rings is 2. The highest BCUT2D eigenvalue weighted by atomic mass is 79.9. The predicted octanol–water partition coefficient (Wildman–Crippen LogP) is 4.35. The maximum atomic E-state index is 5.61. The number of hydrogen-bond acceptors (Lipinski definition) is 3. The highest BCUT2D eigenvalue weighted by Crippen LogP contribution is 2.29. The summed E-state index contributed by atoms with van der Waals surface area (Å²) < 4.78 is 6.70. The molecule has 2 N–H and O–H groups in total. The Morgan fingerprint density at radius 1 is 1.25 bits per heavy atom. The quantitative estimate of drug-likeness (QED) is 0.798. The highest BCUT2D eigenvalue weighted by Gasteiger charge is 2.25. The zero-order valence-corrected chi connectivity index (χ0v) is 15.9. The number of aryl methyl sites for hydroxylation is 1. The van der Waals surface area contributed by atoms with Gasteiger partial charge in [0.05, 0.1) is 7.11 Å². The molecule has 24 heavy (non-hydrogen) atoms. The molecule has 1 aliphatic heterocycles. The van der Waals surface area contributed by atoms with E-state index in [0.717, 1.165) is 28.9 Å². The molecule has 4 heteroatoms. The molecular formula is C20H25BrN2O. The van der Waals surface area contributed by atoms with Crippen molar-refractivity contribution in [1.82, 2.24) is 10.6 Å². The Balaban J connectivity index is 1.75. The minimum absolute atomic E-state index is 0.360. The first kappa shape index (κ1) is 17.5. The van der Waals surface area contributed by atoms with Crippen molar-refractivity contribution in [1.29, 1.82) is 0 Å². The van der Waals surface area contributed by atoms with Gasteiger partial charge in [0.15, 0.2) is 0 Å². The molecule has 1 heterocycles. The molecule has 0 amide bonds. The van der Waals surface area contributed by atoms with Crippen LogP contribution >= 0.6 is 15.9 Å². The lowest BCUT2D eigenvalue weighted by Crippen LogP contribution is -2.45. The minimum Gasteiger partial charge on any atom is -0.496 e. The van der Waals surface area contributed by atoms with Gasteiger partial charge >= 0.3 is 0 Å². The van der Waals surface area contributed by atoms with Crippen LogP contribution in [-0.2, 0) is 6.54 Å². The van der Waals surface area contributed by atoms with E-state index in [2.05, 4.69) is 76.0 Å². The van der Waals surface area contributed by atoms with E-state index in [-0.39, 0.29) is 0 Å². The third-order valence-electron chi connectivity index (χ3n) is 4.69. The molecule has 2 atom stereocenters. The second-order valence-electron chi connectivity index (χ2n) is 6.39. The number of piperidine rings is 1. The Hall–Kier alpha value is -1.36. The van der Waals surface area contributed by atoms with E-state index in [1.54, 1.807) is 7.11 Å². The van der Waals surface area contributed by atoms with E-state index in [1.165, 1.54) is 24.0 Å². The van der Waals surface area contributed by atoms with Crippen LogP contribution in [0.1, 0.15) is 35.6 Å². The Kier molecular flexibility index (Phi) is 5.93. The van der Waals surface area contributed by atoms with Gasteiger partial charge in [-0.05, 0) is 49.6 Å². The van der Waals surface area contributed by atoms with Crippen molar-refractivity contribution in [2.45, 2.75) is 38.4 Å². The molecule has 0 bridgehead atoms. The number of methoxy groups -OCH3 is 1. The topological polar surface area (TPSA) is 33.3 Å². The summed E-state index contributed by atoms with van der Waals surface area (Å²) in [5, 5.41) is 7.42. The van der Waals surface area contributed by atoms with Crippen LogP contribution in [0.25, 0.3) is 0 Å². The van der Waals surface area contributed by atoms with Gasteiger partial charge in [0.2, 0.25) is 0 Å². The van der Waals surface area contributed by atoms with Crippen LogP contribution in [0.4, 0.5) is 0 Å².